The zero-order valence-electron chi connectivity index (χ0n) is 5.37. The van der Waals surface area contributed by atoms with E-state index in [1.807, 2.05) is 0 Å². The van der Waals surface area contributed by atoms with Crippen LogP contribution in [-0.4, -0.2) is 12.0 Å². The molecular formula is C6H8F3O. The molecule has 0 unspecified atom stereocenters. The summed E-state index contributed by atoms with van der Waals surface area (Å²) in [6.07, 6.45) is -4.53. The second kappa shape index (κ2) is 3.58. The maximum absolute atomic E-state index is 11.4. The summed E-state index contributed by atoms with van der Waals surface area (Å²) >= 11 is 0. The second-order valence-electron chi connectivity index (χ2n) is 1.88. The van der Waals surface area contributed by atoms with Crippen molar-refractivity contribution < 1.29 is 18.0 Å². The van der Waals surface area contributed by atoms with E-state index in [1.165, 1.54) is 0 Å². The first-order valence-electron chi connectivity index (χ1n) is 2.87. The highest BCUT2D eigenvalue weighted by atomic mass is 19.4. The van der Waals surface area contributed by atoms with Crippen molar-refractivity contribution in [1.82, 2.24) is 0 Å². The molecule has 1 radical (unpaired) electrons. The minimum Gasteiger partial charge on any atom is -0.290 e. The first kappa shape index (κ1) is 9.46. The second-order valence-corrected chi connectivity index (χ2v) is 1.88. The van der Waals surface area contributed by atoms with Gasteiger partial charge in [-0.15, -0.1) is 0 Å². The monoisotopic (exact) mass is 153 g/mol. The van der Waals surface area contributed by atoms with Gasteiger partial charge in [0.1, 0.15) is 0 Å². The normalized spacial score (nSPS) is 11.6. The standard InChI is InChI=1S/C6H8F3O/c1-2-3-4-5(10)6(7,8)9/h1-4H2. The van der Waals surface area contributed by atoms with E-state index in [-0.39, 0.29) is 6.42 Å². The van der Waals surface area contributed by atoms with Crippen molar-refractivity contribution in [3.63, 3.8) is 0 Å². The summed E-state index contributed by atoms with van der Waals surface area (Å²) in [6.45, 7) is 3.32. The predicted octanol–water partition coefficient (Wildman–Crippen LogP) is 2.12. The summed E-state index contributed by atoms with van der Waals surface area (Å²) in [6, 6.07) is 0. The third-order valence-corrected chi connectivity index (χ3v) is 0.970. The van der Waals surface area contributed by atoms with Crippen LogP contribution >= 0.6 is 0 Å². The van der Waals surface area contributed by atoms with Gasteiger partial charge in [-0.2, -0.15) is 13.2 Å². The Morgan fingerprint density at radius 3 is 2.20 bits per heavy atom. The number of carbonyl (C=O) groups is 1. The van der Waals surface area contributed by atoms with Crippen LogP contribution in [0.1, 0.15) is 19.3 Å². The minimum atomic E-state index is -4.66. The number of carbonyl (C=O) groups excluding carboxylic acids is 1. The van der Waals surface area contributed by atoms with E-state index >= 15 is 0 Å². The average molecular weight is 153 g/mol. The highest BCUT2D eigenvalue weighted by Crippen LogP contribution is 2.18. The van der Waals surface area contributed by atoms with Crippen LogP contribution < -0.4 is 0 Å². The van der Waals surface area contributed by atoms with Gasteiger partial charge in [0.2, 0.25) is 5.78 Å². The molecule has 0 aromatic heterocycles. The quantitative estimate of drug-likeness (QED) is 0.606. The molecule has 0 aliphatic heterocycles. The third-order valence-electron chi connectivity index (χ3n) is 0.970. The molecule has 0 aromatic rings. The molecule has 59 valence electrons. The Balaban J connectivity index is 3.64. The van der Waals surface area contributed by atoms with Crippen LogP contribution in [0.3, 0.4) is 0 Å². The van der Waals surface area contributed by atoms with Gasteiger partial charge in [-0.25, -0.2) is 0 Å². The Hall–Kier alpha value is -0.540. The Bertz CT molecular complexity index is 117. The maximum atomic E-state index is 11.4. The van der Waals surface area contributed by atoms with E-state index < -0.39 is 18.4 Å². The van der Waals surface area contributed by atoms with Crippen molar-refractivity contribution in [3.05, 3.63) is 6.92 Å². The molecule has 0 saturated carbocycles. The molecule has 0 rings (SSSR count). The Labute approximate surface area is 57.2 Å². The molecule has 0 aliphatic rings. The first-order valence-corrected chi connectivity index (χ1v) is 2.87. The van der Waals surface area contributed by atoms with Gasteiger partial charge in [0, 0.05) is 6.42 Å². The fourth-order valence-electron chi connectivity index (χ4n) is 0.427. The van der Waals surface area contributed by atoms with Gasteiger partial charge in [-0.3, -0.25) is 4.79 Å². The van der Waals surface area contributed by atoms with Crippen molar-refractivity contribution in [3.8, 4) is 0 Å². The molecule has 0 N–H and O–H groups in total. The summed E-state index contributed by atoms with van der Waals surface area (Å²) in [5.74, 6) is -1.66. The lowest BCUT2D eigenvalue weighted by Gasteiger charge is -2.02. The van der Waals surface area contributed by atoms with Gasteiger partial charge in [-0.05, 0) is 6.42 Å². The predicted molar refractivity (Wildman–Crippen MR) is 30.3 cm³/mol. The summed E-state index contributed by atoms with van der Waals surface area (Å²) in [7, 11) is 0. The Morgan fingerprint density at radius 1 is 1.40 bits per heavy atom. The van der Waals surface area contributed by atoms with E-state index in [2.05, 4.69) is 6.92 Å². The number of ketones is 1. The van der Waals surface area contributed by atoms with Gasteiger partial charge in [0.25, 0.3) is 0 Å². The molecule has 0 aliphatic carbocycles. The van der Waals surface area contributed by atoms with Gasteiger partial charge in [-0.1, -0.05) is 13.3 Å². The highest BCUT2D eigenvalue weighted by molar-refractivity contribution is 5.83. The zero-order valence-corrected chi connectivity index (χ0v) is 5.37. The molecule has 0 bridgehead atoms. The SMILES string of the molecule is [CH2]CCCC(=O)C(F)(F)F. The lowest BCUT2D eigenvalue weighted by atomic mass is 10.2. The van der Waals surface area contributed by atoms with Crippen LogP contribution in [0.25, 0.3) is 0 Å². The summed E-state index contributed by atoms with van der Waals surface area (Å²) in [5, 5.41) is 0. The molecule has 0 atom stereocenters. The van der Waals surface area contributed by atoms with Crippen LogP contribution in [-0.2, 0) is 4.79 Å². The molecule has 4 heteroatoms. The van der Waals surface area contributed by atoms with Crippen molar-refractivity contribution in [2.24, 2.45) is 0 Å². The average Bonchev–Trinajstić information content (AvgIpc) is 1.80. The number of hydrogen-bond donors (Lipinski definition) is 0. The molecule has 0 saturated heterocycles. The molecule has 10 heavy (non-hydrogen) atoms. The van der Waals surface area contributed by atoms with E-state index in [0.29, 0.717) is 6.42 Å². The number of halogens is 3. The molecule has 0 amide bonds. The largest absolute Gasteiger partial charge is 0.449 e. The highest BCUT2D eigenvalue weighted by Gasteiger charge is 2.36. The van der Waals surface area contributed by atoms with Gasteiger partial charge >= 0.3 is 6.18 Å². The van der Waals surface area contributed by atoms with Crippen LogP contribution in [0.5, 0.6) is 0 Å². The molecule has 0 heterocycles. The summed E-state index contributed by atoms with van der Waals surface area (Å²) in [5.41, 5.74) is 0. The number of hydrogen-bond acceptors (Lipinski definition) is 1. The smallest absolute Gasteiger partial charge is 0.290 e. The summed E-state index contributed by atoms with van der Waals surface area (Å²) < 4.78 is 34.2. The molecule has 0 fully saturated rings. The lowest BCUT2D eigenvalue weighted by molar-refractivity contribution is -0.171. The minimum absolute atomic E-state index is 0.207. The van der Waals surface area contributed by atoms with Gasteiger partial charge < -0.3 is 0 Å². The van der Waals surface area contributed by atoms with E-state index in [0.717, 1.165) is 0 Å². The topological polar surface area (TPSA) is 17.1 Å². The van der Waals surface area contributed by atoms with Gasteiger partial charge in [0.15, 0.2) is 0 Å². The van der Waals surface area contributed by atoms with Crippen LogP contribution in [0.2, 0.25) is 0 Å². The fraction of sp³-hybridized carbons (Fsp3) is 0.667. The van der Waals surface area contributed by atoms with Crippen LogP contribution in [0.4, 0.5) is 13.2 Å². The van der Waals surface area contributed by atoms with Crippen LogP contribution in [0.15, 0.2) is 0 Å². The molecule has 0 aromatic carbocycles. The number of alkyl halides is 3. The fourth-order valence-corrected chi connectivity index (χ4v) is 0.427. The lowest BCUT2D eigenvalue weighted by Crippen LogP contribution is -2.21. The number of rotatable bonds is 3. The Kier molecular flexibility index (Phi) is 3.39. The van der Waals surface area contributed by atoms with E-state index in [9.17, 15) is 18.0 Å². The number of Topliss-reactive ketones (excluding diaryl/α,β-unsaturated/α-hetero) is 1. The molecular weight excluding hydrogens is 145 g/mol. The van der Waals surface area contributed by atoms with Crippen molar-refractivity contribution in [2.45, 2.75) is 25.4 Å². The first-order chi connectivity index (χ1) is 4.48. The maximum Gasteiger partial charge on any atom is 0.449 e. The summed E-state index contributed by atoms with van der Waals surface area (Å²) in [4.78, 5) is 10.1. The molecule has 1 nitrogen and oxygen atoms in total. The number of unbranched alkanes of at least 4 members (excludes halogenated alkanes) is 1. The van der Waals surface area contributed by atoms with Gasteiger partial charge in [0.05, 0.1) is 0 Å². The van der Waals surface area contributed by atoms with Crippen molar-refractivity contribution >= 4 is 5.78 Å². The van der Waals surface area contributed by atoms with Crippen molar-refractivity contribution in [1.29, 1.82) is 0 Å². The van der Waals surface area contributed by atoms with E-state index in [1.54, 1.807) is 0 Å². The zero-order chi connectivity index (χ0) is 8.20. The van der Waals surface area contributed by atoms with Crippen molar-refractivity contribution in [2.75, 3.05) is 0 Å². The van der Waals surface area contributed by atoms with E-state index in [4.69, 9.17) is 0 Å². The Morgan fingerprint density at radius 2 is 1.90 bits per heavy atom. The molecule has 0 spiro atoms. The van der Waals surface area contributed by atoms with Crippen LogP contribution in [0, 0.1) is 6.92 Å². The third kappa shape index (κ3) is 3.48.